The molecule has 0 spiro atoms. The van der Waals surface area contributed by atoms with Gasteiger partial charge in [0.25, 0.3) is 0 Å². The number of hydrogen-bond donors (Lipinski definition) is 0. The summed E-state index contributed by atoms with van der Waals surface area (Å²) in [6.07, 6.45) is 0. The molecular formula is C8H11NO2S. The topological polar surface area (TPSA) is 29.5 Å². The highest BCUT2D eigenvalue weighted by molar-refractivity contribution is 7.14. The summed E-state index contributed by atoms with van der Waals surface area (Å²) < 4.78 is 4.54. The molecule has 0 aliphatic rings. The van der Waals surface area contributed by atoms with Crippen LogP contribution in [0.5, 0.6) is 0 Å². The molecule has 1 rings (SSSR count). The second-order valence-electron chi connectivity index (χ2n) is 2.38. The van der Waals surface area contributed by atoms with Gasteiger partial charge < -0.3 is 9.64 Å². The van der Waals surface area contributed by atoms with E-state index in [1.165, 1.54) is 7.11 Å². The van der Waals surface area contributed by atoms with Gasteiger partial charge in [-0.05, 0) is 17.5 Å². The fourth-order valence-corrected chi connectivity index (χ4v) is 1.52. The van der Waals surface area contributed by atoms with Crippen LogP contribution in [0.2, 0.25) is 0 Å². The molecule has 0 bridgehead atoms. The summed E-state index contributed by atoms with van der Waals surface area (Å²) in [5.74, 6) is -0.217. The molecular weight excluding hydrogens is 174 g/mol. The van der Waals surface area contributed by atoms with Gasteiger partial charge >= 0.3 is 5.97 Å². The number of ether oxygens (including phenoxy) is 1. The molecule has 66 valence electrons. The van der Waals surface area contributed by atoms with Gasteiger partial charge in [-0.15, -0.1) is 11.3 Å². The van der Waals surface area contributed by atoms with Crippen LogP contribution in [0.4, 0.5) is 5.00 Å². The van der Waals surface area contributed by atoms with Gasteiger partial charge in [0.1, 0.15) is 6.54 Å². The minimum atomic E-state index is -0.217. The lowest BCUT2D eigenvalue weighted by Gasteiger charge is -2.14. The lowest BCUT2D eigenvalue weighted by molar-refractivity contribution is -0.138. The molecule has 0 saturated carbocycles. The third-order valence-corrected chi connectivity index (χ3v) is 2.46. The van der Waals surface area contributed by atoms with Crippen molar-refractivity contribution >= 4 is 22.3 Å². The van der Waals surface area contributed by atoms with Gasteiger partial charge in [-0.1, -0.05) is 0 Å². The van der Waals surface area contributed by atoms with Crippen LogP contribution in [0.15, 0.2) is 17.5 Å². The second-order valence-corrected chi connectivity index (χ2v) is 3.31. The SMILES string of the molecule is COC(=O)CN(C)c1cccs1. The van der Waals surface area contributed by atoms with Crippen LogP contribution in [-0.2, 0) is 9.53 Å². The fraction of sp³-hybridized carbons (Fsp3) is 0.375. The normalized spacial score (nSPS) is 9.50. The maximum absolute atomic E-state index is 10.9. The summed E-state index contributed by atoms with van der Waals surface area (Å²) >= 11 is 1.60. The van der Waals surface area contributed by atoms with E-state index in [0.29, 0.717) is 6.54 Å². The number of carbonyl (C=O) groups excluding carboxylic acids is 1. The Hall–Kier alpha value is -1.03. The van der Waals surface area contributed by atoms with Crippen molar-refractivity contribution in [3.63, 3.8) is 0 Å². The Morgan fingerprint density at radius 3 is 3.00 bits per heavy atom. The quantitative estimate of drug-likeness (QED) is 0.666. The maximum atomic E-state index is 10.9. The zero-order valence-electron chi connectivity index (χ0n) is 7.11. The van der Waals surface area contributed by atoms with Gasteiger partial charge in [0, 0.05) is 7.05 Å². The van der Waals surface area contributed by atoms with E-state index >= 15 is 0 Å². The summed E-state index contributed by atoms with van der Waals surface area (Å²) in [6, 6.07) is 3.92. The molecule has 12 heavy (non-hydrogen) atoms. The van der Waals surface area contributed by atoms with Gasteiger partial charge in [0.2, 0.25) is 0 Å². The average molecular weight is 185 g/mol. The first-order valence-corrected chi connectivity index (χ1v) is 4.43. The molecule has 1 aromatic rings. The lowest BCUT2D eigenvalue weighted by Crippen LogP contribution is -2.25. The number of carbonyl (C=O) groups is 1. The number of anilines is 1. The fourth-order valence-electron chi connectivity index (χ4n) is 0.823. The molecule has 0 fully saturated rings. The van der Waals surface area contributed by atoms with Crippen molar-refractivity contribution in [3.8, 4) is 0 Å². The zero-order chi connectivity index (χ0) is 8.97. The van der Waals surface area contributed by atoms with Crippen LogP contribution in [-0.4, -0.2) is 26.7 Å². The first kappa shape index (κ1) is 9.06. The van der Waals surface area contributed by atoms with Gasteiger partial charge in [0.15, 0.2) is 0 Å². The summed E-state index contributed by atoms with van der Waals surface area (Å²) in [5, 5.41) is 3.05. The third kappa shape index (κ3) is 2.23. The molecule has 0 amide bonds. The maximum Gasteiger partial charge on any atom is 0.325 e. The summed E-state index contributed by atoms with van der Waals surface area (Å²) in [6.45, 7) is 0.303. The van der Waals surface area contributed by atoms with Crippen molar-refractivity contribution in [2.45, 2.75) is 0 Å². The molecule has 0 saturated heterocycles. The monoisotopic (exact) mass is 185 g/mol. The number of rotatable bonds is 3. The third-order valence-electron chi connectivity index (χ3n) is 1.48. The van der Waals surface area contributed by atoms with Crippen molar-refractivity contribution in [3.05, 3.63) is 17.5 Å². The van der Waals surface area contributed by atoms with E-state index in [4.69, 9.17) is 0 Å². The molecule has 0 aliphatic heterocycles. The first-order valence-electron chi connectivity index (χ1n) is 3.55. The Bertz CT molecular complexity index is 246. The van der Waals surface area contributed by atoms with E-state index in [1.807, 2.05) is 29.5 Å². The summed E-state index contributed by atoms with van der Waals surface area (Å²) in [7, 11) is 3.26. The molecule has 0 aromatic carbocycles. The van der Waals surface area contributed by atoms with Gasteiger partial charge in [-0.2, -0.15) is 0 Å². The molecule has 0 N–H and O–H groups in total. The molecule has 0 radical (unpaired) electrons. The van der Waals surface area contributed by atoms with Crippen LogP contribution in [0.25, 0.3) is 0 Å². The summed E-state index contributed by atoms with van der Waals surface area (Å²) in [4.78, 5) is 12.7. The van der Waals surface area contributed by atoms with Gasteiger partial charge in [-0.25, -0.2) is 0 Å². The van der Waals surface area contributed by atoms with Crippen LogP contribution < -0.4 is 4.90 Å². The van der Waals surface area contributed by atoms with Crippen molar-refractivity contribution < 1.29 is 9.53 Å². The number of methoxy groups -OCH3 is 1. The summed E-state index contributed by atoms with van der Waals surface area (Å²) in [5.41, 5.74) is 0. The molecule has 0 aliphatic carbocycles. The molecule has 1 heterocycles. The van der Waals surface area contributed by atoms with E-state index < -0.39 is 0 Å². The highest BCUT2D eigenvalue weighted by Crippen LogP contribution is 2.18. The Kier molecular flexibility index (Phi) is 3.10. The Morgan fingerprint density at radius 2 is 2.50 bits per heavy atom. The molecule has 1 aromatic heterocycles. The predicted molar refractivity (Wildman–Crippen MR) is 49.6 cm³/mol. The smallest absolute Gasteiger partial charge is 0.325 e. The Labute approximate surface area is 75.6 Å². The van der Waals surface area contributed by atoms with Crippen molar-refractivity contribution in [2.24, 2.45) is 0 Å². The number of thiophene rings is 1. The highest BCUT2D eigenvalue weighted by atomic mass is 32.1. The second kappa shape index (κ2) is 4.11. The average Bonchev–Trinajstić information content (AvgIpc) is 2.56. The Balaban J connectivity index is 2.49. The zero-order valence-corrected chi connectivity index (χ0v) is 7.93. The van der Waals surface area contributed by atoms with E-state index in [1.54, 1.807) is 11.3 Å². The number of esters is 1. The van der Waals surface area contributed by atoms with Crippen LogP contribution in [0, 0.1) is 0 Å². The van der Waals surface area contributed by atoms with Crippen molar-refractivity contribution in [2.75, 3.05) is 25.6 Å². The number of hydrogen-bond acceptors (Lipinski definition) is 4. The molecule has 3 nitrogen and oxygen atoms in total. The minimum Gasteiger partial charge on any atom is -0.468 e. The van der Waals surface area contributed by atoms with Gasteiger partial charge in [-0.3, -0.25) is 4.79 Å². The van der Waals surface area contributed by atoms with E-state index in [9.17, 15) is 4.79 Å². The Morgan fingerprint density at radius 1 is 1.75 bits per heavy atom. The van der Waals surface area contributed by atoms with Crippen LogP contribution in [0.3, 0.4) is 0 Å². The van der Waals surface area contributed by atoms with Crippen LogP contribution >= 0.6 is 11.3 Å². The molecule has 4 heteroatoms. The largest absolute Gasteiger partial charge is 0.468 e. The van der Waals surface area contributed by atoms with E-state index in [-0.39, 0.29) is 5.97 Å². The minimum absolute atomic E-state index is 0.217. The van der Waals surface area contributed by atoms with E-state index in [2.05, 4.69) is 4.74 Å². The van der Waals surface area contributed by atoms with Crippen LogP contribution in [0.1, 0.15) is 0 Å². The molecule has 0 unspecified atom stereocenters. The molecule has 0 atom stereocenters. The number of nitrogens with zero attached hydrogens (tertiary/aromatic N) is 1. The van der Waals surface area contributed by atoms with Crippen molar-refractivity contribution in [1.29, 1.82) is 0 Å². The van der Waals surface area contributed by atoms with E-state index in [0.717, 1.165) is 5.00 Å². The van der Waals surface area contributed by atoms with Crippen molar-refractivity contribution in [1.82, 2.24) is 0 Å². The highest BCUT2D eigenvalue weighted by Gasteiger charge is 2.06. The predicted octanol–water partition coefficient (Wildman–Crippen LogP) is 1.36. The first-order chi connectivity index (χ1) is 5.74. The lowest BCUT2D eigenvalue weighted by atomic mass is 10.5. The number of likely N-dealkylation sites (N-methyl/N-ethyl adjacent to an activating group) is 1. The standard InChI is InChI=1S/C8H11NO2S/c1-9(6-8(10)11-2)7-4-3-5-12-7/h3-5H,6H2,1-2H3. The van der Waals surface area contributed by atoms with Gasteiger partial charge in [0.05, 0.1) is 12.1 Å².